The summed E-state index contributed by atoms with van der Waals surface area (Å²) in [4.78, 5) is 14.7. The summed E-state index contributed by atoms with van der Waals surface area (Å²) in [7, 11) is -2.55. The highest BCUT2D eigenvalue weighted by atomic mass is 35.5. The number of carbonyl (C=O) groups excluding carboxylic acids is 1. The van der Waals surface area contributed by atoms with Gasteiger partial charge in [0.15, 0.2) is 0 Å². The minimum absolute atomic E-state index is 0.0538. The first-order valence-corrected chi connectivity index (χ1v) is 12.9. The van der Waals surface area contributed by atoms with Gasteiger partial charge in [-0.2, -0.15) is 8.42 Å². The van der Waals surface area contributed by atoms with E-state index in [0.29, 0.717) is 30.1 Å². The van der Waals surface area contributed by atoms with Crippen molar-refractivity contribution in [3.8, 4) is 11.5 Å². The maximum atomic E-state index is 13.0. The molecule has 9 heteroatoms. The van der Waals surface area contributed by atoms with E-state index in [1.807, 2.05) is 26.0 Å². The molecule has 0 atom stereocenters. The monoisotopic (exact) mass is 516 g/mol. The van der Waals surface area contributed by atoms with Crippen molar-refractivity contribution in [2.24, 2.45) is 5.92 Å². The summed E-state index contributed by atoms with van der Waals surface area (Å²) in [5.41, 5.74) is 1.90. The molecule has 0 heterocycles. The smallest absolute Gasteiger partial charge is 0.340 e. The van der Waals surface area contributed by atoms with Crippen LogP contribution in [0.15, 0.2) is 71.6 Å². The lowest BCUT2D eigenvalue weighted by atomic mass is 10.1. The van der Waals surface area contributed by atoms with Crippen molar-refractivity contribution in [3.63, 3.8) is 0 Å². The summed E-state index contributed by atoms with van der Waals surface area (Å²) >= 11 is 6.10. The second kappa shape index (κ2) is 11.5. The SMILES string of the molecule is COc1ccccc1NC(=O)N(Cc1ccc(OS(=O)(=O)c2c(C)cccc2Cl)cc1)CC(C)C. The molecule has 1 N–H and O–H groups in total. The molecular weight excluding hydrogens is 488 g/mol. The Morgan fingerprint density at radius 2 is 1.71 bits per heavy atom. The topological polar surface area (TPSA) is 84.9 Å². The predicted molar refractivity (Wildman–Crippen MR) is 138 cm³/mol. The number of carbonyl (C=O) groups is 1. The van der Waals surface area contributed by atoms with Gasteiger partial charge < -0.3 is 19.1 Å². The molecule has 0 radical (unpaired) electrons. The predicted octanol–water partition coefficient (Wildman–Crippen LogP) is 6.11. The summed E-state index contributed by atoms with van der Waals surface area (Å²) in [6.07, 6.45) is 0. The van der Waals surface area contributed by atoms with Crippen LogP contribution in [-0.4, -0.2) is 33.0 Å². The van der Waals surface area contributed by atoms with E-state index in [2.05, 4.69) is 5.32 Å². The number of hydrogen-bond donors (Lipinski definition) is 1. The highest BCUT2D eigenvalue weighted by Gasteiger charge is 2.23. The average Bonchev–Trinajstić information content (AvgIpc) is 2.79. The quantitative estimate of drug-likeness (QED) is 0.346. The molecule has 3 aromatic rings. The third-order valence-corrected chi connectivity index (χ3v) is 7.02. The van der Waals surface area contributed by atoms with Crippen LogP contribution in [0.25, 0.3) is 0 Å². The van der Waals surface area contributed by atoms with Gasteiger partial charge in [-0.05, 0) is 54.3 Å². The third kappa shape index (κ3) is 6.90. The highest BCUT2D eigenvalue weighted by molar-refractivity contribution is 7.87. The van der Waals surface area contributed by atoms with Gasteiger partial charge in [0.25, 0.3) is 0 Å². The number of para-hydroxylation sites is 2. The average molecular weight is 517 g/mol. The second-order valence-corrected chi connectivity index (χ2v) is 10.4. The number of nitrogens with one attached hydrogen (secondary N) is 1. The number of methoxy groups -OCH3 is 1. The lowest BCUT2D eigenvalue weighted by Gasteiger charge is -2.25. The summed E-state index contributed by atoms with van der Waals surface area (Å²) in [6.45, 7) is 6.57. The summed E-state index contributed by atoms with van der Waals surface area (Å²) in [6, 6.07) is 18.4. The summed E-state index contributed by atoms with van der Waals surface area (Å²) in [5, 5.41) is 3.01. The first kappa shape index (κ1) is 26.4. The molecule has 35 heavy (non-hydrogen) atoms. The molecule has 3 rings (SSSR count). The maximum Gasteiger partial charge on any atom is 0.340 e. The Balaban J connectivity index is 1.74. The van der Waals surface area contributed by atoms with Crippen LogP contribution in [0.2, 0.25) is 5.02 Å². The van der Waals surface area contributed by atoms with Crippen LogP contribution in [0.4, 0.5) is 10.5 Å². The zero-order valence-corrected chi connectivity index (χ0v) is 21.7. The number of halogens is 1. The minimum Gasteiger partial charge on any atom is -0.495 e. The molecule has 0 aromatic heterocycles. The van der Waals surface area contributed by atoms with Gasteiger partial charge in [-0.1, -0.05) is 61.8 Å². The van der Waals surface area contributed by atoms with Crippen LogP contribution in [0.5, 0.6) is 11.5 Å². The van der Waals surface area contributed by atoms with Gasteiger partial charge in [-0.25, -0.2) is 4.79 Å². The Morgan fingerprint density at radius 1 is 1.03 bits per heavy atom. The fourth-order valence-electron chi connectivity index (χ4n) is 3.57. The highest BCUT2D eigenvalue weighted by Crippen LogP contribution is 2.28. The molecule has 0 unspecified atom stereocenters. The van der Waals surface area contributed by atoms with E-state index in [-0.39, 0.29) is 27.6 Å². The van der Waals surface area contributed by atoms with E-state index in [1.165, 1.54) is 6.07 Å². The van der Waals surface area contributed by atoms with Crippen molar-refractivity contribution in [1.82, 2.24) is 4.90 Å². The van der Waals surface area contributed by atoms with Gasteiger partial charge in [0.05, 0.1) is 17.8 Å². The molecule has 2 amide bonds. The lowest BCUT2D eigenvalue weighted by Crippen LogP contribution is -2.37. The molecule has 0 bridgehead atoms. The summed E-state index contributed by atoms with van der Waals surface area (Å²) < 4.78 is 36.2. The van der Waals surface area contributed by atoms with Gasteiger partial charge in [0.2, 0.25) is 0 Å². The van der Waals surface area contributed by atoms with E-state index >= 15 is 0 Å². The molecular formula is C26H29ClN2O5S. The molecule has 0 fully saturated rings. The third-order valence-electron chi connectivity index (χ3n) is 5.14. The molecule has 186 valence electrons. The number of rotatable bonds is 9. The zero-order valence-electron chi connectivity index (χ0n) is 20.1. The van der Waals surface area contributed by atoms with Crippen LogP contribution in [0, 0.1) is 12.8 Å². The van der Waals surface area contributed by atoms with Crippen molar-refractivity contribution in [2.45, 2.75) is 32.2 Å². The van der Waals surface area contributed by atoms with Crippen molar-refractivity contribution in [2.75, 3.05) is 19.0 Å². The molecule has 0 spiro atoms. The Labute approximate surface area is 211 Å². The number of hydrogen-bond acceptors (Lipinski definition) is 5. The number of amides is 2. The van der Waals surface area contributed by atoms with Crippen LogP contribution < -0.4 is 14.2 Å². The Kier molecular flexibility index (Phi) is 8.64. The van der Waals surface area contributed by atoms with Gasteiger partial charge in [-0.15, -0.1) is 0 Å². The van der Waals surface area contributed by atoms with E-state index in [9.17, 15) is 13.2 Å². The van der Waals surface area contributed by atoms with Crippen molar-refractivity contribution >= 4 is 33.4 Å². The Bertz CT molecular complexity index is 1260. The minimum atomic E-state index is -4.10. The van der Waals surface area contributed by atoms with E-state index < -0.39 is 10.1 Å². The first-order chi connectivity index (χ1) is 16.6. The van der Waals surface area contributed by atoms with Crippen LogP contribution in [0.3, 0.4) is 0 Å². The molecule has 0 aliphatic heterocycles. The number of ether oxygens (including phenoxy) is 1. The number of anilines is 1. The number of benzene rings is 3. The fourth-order valence-corrected chi connectivity index (χ4v) is 5.30. The number of urea groups is 1. The lowest BCUT2D eigenvalue weighted by molar-refractivity contribution is 0.201. The van der Waals surface area contributed by atoms with Crippen LogP contribution in [0.1, 0.15) is 25.0 Å². The van der Waals surface area contributed by atoms with E-state index in [4.69, 9.17) is 20.5 Å². The zero-order chi connectivity index (χ0) is 25.6. The molecule has 0 aliphatic rings. The standard InChI is InChI=1S/C26H29ClN2O5S/c1-18(2)16-29(26(30)28-23-10-5-6-11-24(23)33-4)17-20-12-14-21(15-13-20)34-35(31,32)25-19(3)8-7-9-22(25)27/h5-15,18H,16-17H2,1-4H3,(H,28,30). The van der Waals surface area contributed by atoms with Gasteiger partial charge in [-0.3, -0.25) is 0 Å². The van der Waals surface area contributed by atoms with Gasteiger partial charge in [0, 0.05) is 13.1 Å². The second-order valence-electron chi connectivity index (χ2n) is 8.47. The fraction of sp³-hybridized carbons (Fsp3) is 0.269. The van der Waals surface area contributed by atoms with Gasteiger partial charge in [0.1, 0.15) is 16.4 Å². The van der Waals surface area contributed by atoms with Crippen molar-refractivity contribution < 1.29 is 22.1 Å². The van der Waals surface area contributed by atoms with Gasteiger partial charge >= 0.3 is 16.1 Å². The van der Waals surface area contributed by atoms with Crippen molar-refractivity contribution in [1.29, 1.82) is 0 Å². The molecule has 0 aliphatic carbocycles. The van der Waals surface area contributed by atoms with Crippen LogP contribution >= 0.6 is 11.6 Å². The molecule has 0 saturated carbocycles. The first-order valence-electron chi connectivity index (χ1n) is 11.1. The maximum absolute atomic E-state index is 13.0. The number of nitrogens with zero attached hydrogens (tertiary/aromatic N) is 1. The largest absolute Gasteiger partial charge is 0.495 e. The number of aryl methyl sites for hydroxylation is 1. The Hall–Kier alpha value is -3.23. The normalized spacial score (nSPS) is 11.3. The van der Waals surface area contributed by atoms with E-state index in [0.717, 1.165) is 5.56 Å². The van der Waals surface area contributed by atoms with Crippen molar-refractivity contribution in [3.05, 3.63) is 82.9 Å². The molecule has 7 nitrogen and oxygen atoms in total. The molecule has 3 aromatic carbocycles. The molecule has 0 saturated heterocycles. The summed E-state index contributed by atoms with van der Waals surface area (Å²) in [5.74, 6) is 0.966. The van der Waals surface area contributed by atoms with E-state index in [1.54, 1.807) is 67.5 Å². The Morgan fingerprint density at radius 3 is 2.34 bits per heavy atom. The van der Waals surface area contributed by atoms with Crippen LogP contribution in [-0.2, 0) is 16.7 Å².